The maximum atomic E-state index is 6.99. The predicted molar refractivity (Wildman–Crippen MR) is 210 cm³/mol. The largest absolute Gasteiger partial charge is 0.488 e. The molecule has 6 aromatic rings. The van der Waals surface area contributed by atoms with Crippen molar-refractivity contribution in [1.29, 1.82) is 0 Å². The maximum Gasteiger partial charge on any atom is 0.132 e. The van der Waals surface area contributed by atoms with Gasteiger partial charge in [-0.1, -0.05) is 153 Å². The smallest absolute Gasteiger partial charge is 0.132 e. The second-order valence-electron chi connectivity index (χ2n) is 13.5. The summed E-state index contributed by atoms with van der Waals surface area (Å²) in [5, 5.41) is 2.61. The highest BCUT2D eigenvalue weighted by molar-refractivity contribution is 6.02. The zero-order valence-electron chi connectivity index (χ0n) is 28.3. The summed E-state index contributed by atoms with van der Waals surface area (Å²) in [7, 11) is 0. The van der Waals surface area contributed by atoms with Crippen LogP contribution in [-0.4, -0.2) is 12.6 Å². The first-order valence-electron chi connectivity index (χ1n) is 17.8. The van der Waals surface area contributed by atoms with Gasteiger partial charge in [-0.15, -0.1) is 0 Å². The molecular weight excluding hydrogens is 607 g/mol. The molecule has 0 aromatic heterocycles. The van der Waals surface area contributed by atoms with E-state index >= 15 is 0 Å². The predicted octanol–water partition coefficient (Wildman–Crippen LogP) is 12.1. The molecule has 0 radical (unpaired) electrons. The Balaban J connectivity index is 1.15. The molecule has 2 heteroatoms. The molecule has 0 amide bonds. The number of ether oxygens (including phenoxy) is 1. The van der Waals surface area contributed by atoms with Crippen LogP contribution in [0.4, 0.5) is 11.4 Å². The molecule has 6 aromatic carbocycles. The van der Waals surface area contributed by atoms with Gasteiger partial charge in [0, 0.05) is 28.4 Å². The van der Waals surface area contributed by atoms with Gasteiger partial charge in [0.25, 0.3) is 0 Å². The van der Waals surface area contributed by atoms with E-state index in [9.17, 15) is 0 Å². The summed E-state index contributed by atoms with van der Waals surface area (Å²) in [6, 6.07) is 48.4. The molecule has 1 heterocycles. The van der Waals surface area contributed by atoms with Gasteiger partial charge in [0.15, 0.2) is 0 Å². The number of para-hydroxylation sites is 1. The first-order valence-corrected chi connectivity index (χ1v) is 17.8. The number of allylic oxidation sites excluding steroid dienone is 5. The van der Waals surface area contributed by atoms with Crippen molar-refractivity contribution in [2.75, 3.05) is 11.5 Å². The quantitative estimate of drug-likeness (QED) is 0.185. The Hall–Kier alpha value is -5.86. The molecule has 2 aliphatic carbocycles. The Labute approximate surface area is 295 Å². The first kappa shape index (κ1) is 30.2. The second-order valence-corrected chi connectivity index (χ2v) is 13.5. The average Bonchev–Trinajstić information content (AvgIpc) is 3.53. The van der Waals surface area contributed by atoms with E-state index in [-0.39, 0.29) is 12.0 Å². The van der Waals surface area contributed by atoms with Gasteiger partial charge in [-0.25, -0.2) is 0 Å². The minimum absolute atomic E-state index is 0.199. The fraction of sp³-hybridized carbons (Fsp3) is 0.125. The summed E-state index contributed by atoms with van der Waals surface area (Å²) in [6.45, 7) is 2.89. The van der Waals surface area contributed by atoms with Gasteiger partial charge in [-0.3, -0.25) is 0 Å². The van der Waals surface area contributed by atoms with Crippen molar-refractivity contribution in [3.05, 3.63) is 198 Å². The van der Waals surface area contributed by atoms with E-state index < -0.39 is 0 Å². The van der Waals surface area contributed by atoms with Crippen molar-refractivity contribution in [2.45, 2.75) is 31.7 Å². The van der Waals surface area contributed by atoms with Gasteiger partial charge in [0.05, 0.1) is 6.04 Å². The van der Waals surface area contributed by atoms with Crippen LogP contribution in [-0.2, 0) is 6.42 Å². The standard InChI is InChI=1S/C48H39NO/c1-33-45-31-40(49(38-20-9-4-10-21-38)39-27-25-36(26-28-39)34-15-5-2-6-16-34)29-30-43(45)47-46(33)42-23-14-13-22-41(42)44-24-12-11-19-37(32-50-48(44)47)35-17-7-3-8-18-35/h2-23,25-27,29-31,33,39H,24,28,32H2,1H3/b12-11-,37-19+. The SMILES string of the molecule is CC1c2cc(N(c3ccccc3)C3C=CC(c4ccccc4)=CC3)ccc2-c2c3c(c4ccccc4c21)C/C=C\C=C(\c1ccccc1)CO3. The Kier molecular flexibility index (Phi) is 7.78. The third-order valence-corrected chi connectivity index (χ3v) is 10.6. The molecule has 2 atom stereocenters. The van der Waals surface area contributed by atoms with Crippen molar-refractivity contribution in [3.63, 3.8) is 0 Å². The maximum absolute atomic E-state index is 6.99. The molecule has 0 spiro atoms. The van der Waals surface area contributed by atoms with Gasteiger partial charge in [-0.05, 0) is 86.8 Å². The molecule has 9 rings (SSSR count). The number of hydrogen-bond acceptors (Lipinski definition) is 2. The van der Waals surface area contributed by atoms with E-state index in [0.29, 0.717) is 6.61 Å². The lowest BCUT2D eigenvalue weighted by atomic mass is 9.89. The van der Waals surface area contributed by atoms with Gasteiger partial charge in [0.2, 0.25) is 0 Å². The van der Waals surface area contributed by atoms with Crippen molar-refractivity contribution < 1.29 is 4.74 Å². The highest BCUT2D eigenvalue weighted by atomic mass is 16.5. The van der Waals surface area contributed by atoms with Crippen molar-refractivity contribution in [1.82, 2.24) is 0 Å². The van der Waals surface area contributed by atoms with E-state index in [1.807, 2.05) is 0 Å². The molecule has 2 nitrogen and oxygen atoms in total. The van der Waals surface area contributed by atoms with E-state index in [4.69, 9.17) is 4.74 Å². The Morgan fingerprint density at radius 2 is 1.40 bits per heavy atom. The highest BCUT2D eigenvalue weighted by Crippen LogP contribution is 2.55. The van der Waals surface area contributed by atoms with Gasteiger partial charge in [0.1, 0.15) is 12.4 Å². The number of anilines is 2. The molecule has 1 aliphatic heterocycles. The Morgan fingerprint density at radius 1 is 0.700 bits per heavy atom. The number of nitrogens with zero attached hydrogens (tertiary/aromatic N) is 1. The van der Waals surface area contributed by atoms with Crippen LogP contribution >= 0.6 is 0 Å². The molecule has 3 aliphatic rings. The molecule has 242 valence electrons. The normalized spacial score (nSPS) is 19.4. The number of hydrogen-bond donors (Lipinski definition) is 0. The zero-order valence-corrected chi connectivity index (χ0v) is 28.3. The average molecular weight is 646 g/mol. The van der Waals surface area contributed by atoms with E-state index in [0.717, 1.165) is 18.6 Å². The van der Waals surface area contributed by atoms with Crippen LogP contribution in [0.3, 0.4) is 0 Å². The molecule has 2 unspecified atom stereocenters. The van der Waals surface area contributed by atoms with Gasteiger partial charge < -0.3 is 9.64 Å². The lowest BCUT2D eigenvalue weighted by Gasteiger charge is -2.33. The molecular formula is C48H39NO. The van der Waals surface area contributed by atoms with Crippen LogP contribution in [0, 0.1) is 0 Å². The van der Waals surface area contributed by atoms with Gasteiger partial charge >= 0.3 is 0 Å². The number of fused-ring (bicyclic) bond motifs is 8. The fourth-order valence-corrected chi connectivity index (χ4v) is 8.20. The molecule has 0 saturated carbocycles. The summed E-state index contributed by atoms with van der Waals surface area (Å²) >= 11 is 0. The molecule has 0 fully saturated rings. The van der Waals surface area contributed by atoms with Crippen molar-refractivity contribution >= 4 is 33.3 Å². The second kappa shape index (κ2) is 12.9. The van der Waals surface area contributed by atoms with Crippen LogP contribution in [0.5, 0.6) is 5.75 Å². The van der Waals surface area contributed by atoms with Crippen LogP contribution in [0.2, 0.25) is 0 Å². The van der Waals surface area contributed by atoms with E-state index in [1.165, 1.54) is 72.2 Å². The number of benzene rings is 6. The van der Waals surface area contributed by atoms with Crippen molar-refractivity contribution in [3.8, 4) is 16.9 Å². The Morgan fingerprint density at radius 3 is 2.14 bits per heavy atom. The van der Waals surface area contributed by atoms with Crippen molar-refractivity contribution in [2.24, 2.45) is 0 Å². The summed E-state index contributed by atoms with van der Waals surface area (Å²) in [5.41, 5.74) is 13.9. The monoisotopic (exact) mass is 645 g/mol. The first-order chi connectivity index (χ1) is 24.7. The summed E-state index contributed by atoms with van der Waals surface area (Å²) in [6.07, 6.45) is 15.5. The lowest BCUT2D eigenvalue weighted by Crippen LogP contribution is -2.30. The topological polar surface area (TPSA) is 12.5 Å². The van der Waals surface area contributed by atoms with Crippen LogP contribution in [0.15, 0.2) is 170 Å². The Bertz CT molecular complexity index is 2330. The molecule has 0 bridgehead atoms. The highest BCUT2D eigenvalue weighted by Gasteiger charge is 2.34. The van der Waals surface area contributed by atoms with Crippen LogP contribution < -0.4 is 9.64 Å². The van der Waals surface area contributed by atoms with Crippen LogP contribution in [0.25, 0.3) is 33.0 Å². The molecule has 0 saturated heterocycles. The van der Waals surface area contributed by atoms with Gasteiger partial charge in [-0.2, -0.15) is 0 Å². The summed E-state index contributed by atoms with van der Waals surface area (Å²) < 4.78 is 6.99. The number of rotatable bonds is 5. The summed E-state index contributed by atoms with van der Waals surface area (Å²) in [5.74, 6) is 1.24. The minimum Gasteiger partial charge on any atom is -0.488 e. The van der Waals surface area contributed by atoms with Crippen LogP contribution in [0.1, 0.15) is 47.1 Å². The third-order valence-electron chi connectivity index (χ3n) is 10.6. The molecule has 0 N–H and O–H groups in total. The minimum atomic E-state index is 0.199. The van der Waals surface area contributed by atoms with E-state index in [1.54, 1.807) is 0 Å². The zero-order chi connectivity index (χ0) is 33.4. The molecule has 50 heavy (non-hydrogen) atoms. The summed E-state index contributed by atoms with van der Waals surface area (Å²) in [4.78, 5) is 2.51. The lowest BCUT2D eigenvalue weighted by molar-refractivity contribution is 0.368. The third kappa shape index (κ3) is 5.29. The van der Waals surface area contributed by atoms with E-state index in [2.05, 4.69) is 182 Å². The fourth-order valence-electron chi connectivity index (χ4n) is 8.20.